The first-order valence-electron chi connectivity index (χ1n) is 11.1. The van der Waals surface area contributed by atoms with Gasteiger partial charge in [0.15, 0.2) is 11.8 Å². The van der Waals surface area contributed by atoms with Gasteiger partial charge in [-0.15, -0.1) is 34.2 Å². The van der Waals surface area contributed by atoms with E-state index in [1.807, 2.05) is 0 Å². The standard InChI is InChI=1S/C22H33N7O.HI/c1-23-22(25-16-21-27-26-20-9-3-2-6-10-29(20)21)24-15-18-7-4-5-8-19(18)17-28-11-13-30-14-12-28;/h4-5,7-8H,2-3,6,9-17H2,1H3,(H2,23,24,25);1H. The van der Waals surface area contributed by atoms with Gasteiger partial charge in [0.25, 0.3) is 0 Å². The lowest BCUT2D eigenvalue weighted by atomic mass is 10.1. The quantitative estimate of drug-likeness (QED) is 0.334. The molecule has 0 atom stereocenters. The summed E-state index contributed by atoms with van der Waals surface area (Å²) < 4.78 is 7.74. The first-order chi connectivity index (χ1) is 14.8. The van der Waals surface area contributed by atoms with Gasteiger partial charge in [-0.2, -0.15) is 0 Å². The van der Waals surface area contributed by atoms with E-state index in [0.717, 1.165) is 70.0 Å². The maximum atomic E-state index is 5.47. The molecule has 0 bridgehead atoms. The third kappa shape index (κ3) is 6.63. The second-order valence-corrected chi connectivity index (χ2v) is 7.93. The molecule has 8 nitrogen and oxygen atoms in total. The van der Waals surface area contributed by atoms with Crippen LogP contribution in [-0.4, -0.2) is 59.0 Å². The molecule has 4 rings (SSSR count). The van der Waals surface area contributed by atoms with Gasteiger partial charge >= 0.3 is 0 Å². The smallest absolute Gasteiger partial charge is 0.191 e. The summed E-state index contributed by atoms with van der Waals surface area (Å²) >= 11 is 0. The molecule has 9 heteroatoms. The molecule has 0 unspecified atom stereocenters. The molecule has 170 valence electrons. The maximum Gasteiger partial charge on any atom is 0.191 e. The lowest BCUT2D eigenvalue weighted by Gasteiger charge is -2.27. The second kappa shape index (κ2) is 12.4. The average molecular weight is 539 g/mol. The first kappa shape index (κ1) is 23.9. The van der Waals surface area contributed by atoms with Crippen molar-refractivity contribution in [3.63, 3.8) is 0 Å². The molecular formula is C22H34IN7O. The molecule has 1 aromatic carbocycles. The third-order valence-electron chi connectivity index (χ3n) is 5.89. The molecule has 1 saturated heterocycles. The summed E-state index contributed by atoms with van der Waals surface area (Å²) in [5.74, 6) is 2.88. The zero-order valence-corrected chi connectivity index (χ0v) is 20.7. The Labute approximate surface area is 201 Å². The van der Waals surface area contributed by atoms with E-state index in [0.29, 0.717) is 6.54 Å². The highest BCUT2D eigenvalue weighted by molar-refractivity contribution is 14.0. The fraction of sp³-hybridized carbons (Fsp3) is 0.591. The first-order valence-corrected chi connectivity index (χ1v) is 11.1. The summed E-state index contributed by atoms with van der Waals surface area (Å²) in [5.41, 5.74) is 2.65. The minimum Gasteiger partial charge on any atom is -0.379 e. The Morgan fingerprint density at radius 2 is 1.77 bits per heavy atom. The predicted octanol–water partition coefficient (Wildman–Crippen LogP) is 2.32. The molecule has 1 aromatic heterocycles. The number of hydrogen-bond acceptors (Lipinski definition) is 5. The van der Waals surface area contributed by atoms with Gasteiger partial charge in [0.1, 0.15) is 5.82 Å². The number of fused-ring (bicyclic) bond motifs is 1. The van der Waals surface area contributed by atoms with Crippen molar-refractivity contribution in [2.45, 2.75) is 51.9 Å². The van der Waals surface area contributed by atoms with Crippen LogP contribution in [0, 0.1) is 0 Å². The number of benzene rings is 1. The Hall–Kier alpha value is -1.72. The summed E-state index contributed by atoms with van der Waals surface area (Å²) in [6.45, 7) is 6.97. The molecule has 0 spiro atoms. The zero-order valence-electron chi connectivity index (χ0n) is 18.3. The van der Waals surface area contributed by atoms with Gasteiger partial charge in [-0.25, -0.2) is 0 Å². The molecule has 2 N–H and O–H groups in total. The van der Waals surface area contributed by atoms with Gasteiger partial charge in [-0.1, -0.05) is 30.7 Å². The van der Waals surface area contributed by atoms with E-state index in [2.05, 4.69) is 59.6 Å². The Balaban J connectivity index is 0.00000272. The highest BCUT2D eigenvalue weighted by atomic mass is 127. The highest BCUT2D eigenvalue weighted by Crippen LogP contribution is 2.15. The molecule has 0 radical (unpaired) electrons. The monoisotopic (exact) mass is 539 g/mol. The number of rotatable bonds is 6. The predicted molar refractivity (Wildman–Crippen MR) is 133 cm³/mol. The van der Waals surface area contributed by atoms with E-state index in [4.69, 9.17) is 4.74 Å². The summed E-state index contributed by atoms with van der Waals surface area (Å²) in [6, 6.07) is 8.62. The van der Waals surface area contributed by atoms with E-state index < -0.39 is 0 Å². The number of nitrogens with one attached hydrogen (secondary N) is 2. The average Bonchev–Trinajstić information content (AvgIpc) is 3.01. The molecule has 2 aromatic rings. The van der Waals surface area contributed by atoms with Crippen molar-refractivity contribution in [2.24, 2.45) is 4.99 Å². The molecule has 2 aliphatic rings. The van der Waals surface area contributed by atoms with Crippen LogP contribution in [0.5, 0.6) is 0 Å². The van der Waals surface area contributed by atoms with Crippen LogP contribution >= 0.6 is 24.0 Å². The number of halogens is 1. The second-order valence-electron chi connectivity index (χ2n) is 7.93. The number of hydrogen-bond donors (Lipinski definition) is 2. The summed E-state index contributed by atoms with van der Waals surface area (Å²) in [6.07, 6.45) is 4.70. The van der Waals surface area contributed by atoms with Crippen molar-refractivity contribution in [1.82, 2.24) is 30.3 Å². The van der Waals surface area contributed by atoms with Crippen molar-refractivity contribution in [3.05, 3.63) is 47.0 Å². The summed E-state index contributed by atoms with van der Waals surface area (Å²) in [7, 11) is 1.80. The number of morpholine rings is 1. The van der Waals surface area contributed by atoms with Gasteiger partial charge in [0, 0.05) is 46.2 Å². The fourth-order valence-corrected chi connectivity index (χ4v) is 4.12. The number of aliphatic imine (C=N–C) groups is 1. The van der Waals surface area contributed by atoms with Crippen LogP contribution in [0.1, 0.15) is 42.0 Å². The van der Waals surface area contributed by atoms with Crippen molar-refractivity contribution in [2.75, 3.05) is 33.4 Å². The van der Waals surface area contributed by atoms with Crippen molar-refractivity contribution < 1.29 is 4.74 Å². The molecule has 31 heavy (non-hydrogen) atoms. The molecule has 0 aliphatic carbocycles. The maximum absolute atomic E-state index is 5.47. The van der Waals surface area contributed by atoms with Gasteiger partial charge in [0.05, 0.1) is 19.8 Å². The lowest BCUT2D eigenvalue weighted by Crippen LogP contribution is -2.38. The van der Waals surface area contributed by atoms with E-state index in [-0.39, 0.29) is 24.0 Å². The van der Waals surface area contributed by atoms with Crippen molar-refractivity contribution in [1.29, 1.82) is 0 Å². The molecule has 1 fully saturated rings. The number of aromatic nitrogens is 3. The largest absolute Gasteiger partial charge is 0.379 e. The Morgan fingerprint density at radius 3 is 2.58 bits per heavy atom. The topological polar surface area (TPSA) is 79.6 Å². The van der Waals surface area contributed by atoms with E-state index in [9.17, 15) is 0 Å². The normalized spacial score (nSPS) is 17.4. The lowest BCUT2D eigenvalue weighted by molar-refractivity contribution is 0.0341. The fourth-order valence-electron chi connectivity index (χ4n) is 4.12. The summed E-state index contributed by atoms with van der Waals surface area (Å²) in [5, 5.41) is 15.6. The number of aryl methyl sites for hydroxylation is 1. The molecule has 0 saturated carbocycles. The molecule has 0 amide bonds. The van der Waals surface area contributed by atoms with Crippen LogP contribution in [0.2, 0.25) is 0 Å². The Bertz CT molecular complexity index is 848. The number of guanidine groups is 1. The van der Waals surface area contributed by atoms with E-state index in [1.165, 1.54) is 30.4 Å². The van der Waals surface area contributed by atoms with E-state index in [1.54, 1.807) is 7.05 Å². The highest BCUT2D eigenvalue weighted by Gasteiger charge is 2.15. The van der Waals surface area contributed by atoms with Crippen molar-refractivity contribution in [3.8, 4) is 0 Å². The molecule has 2 aliphatic heterocycles. The minimum absolute atomic E-state index is 0. The van der Waals surface area contributed by atoms with E-state index >= 15 is 0 Å². The van der Waals surface area contributed by atoms with Crippen LogP contribution in [0.4, 0.5) is 0 Å². The number of nitrogens with zero attached hydrogens (tertiary/aromatic N) is 5. The summed E-state index contributed by atoms with van der Waals surface area (Å²) in [4.78, 5) is 6.84. The van der Waals surface area contributed by atoms with Gasteiger partial charge < -0.3 is 19.9 Å². The van der Waals surface area contributed by atoms with Crippen LogP contribution in [0.25, 0.3) is 0 Å². The van der Waals surface area contributed by atoms with Crippen LogP contribution < -0.4 is 10.6 Å². The number of ether oxygens (including phenoxy) is 1. The molecule has 3 heterocycles. The minimum atomic E-state index is 0. The van der Waals surface area contributed by atoms with Gasteiger partial charge in [0.2, 0.25) is 0 Å². The Kier molecular flexibility index (Phi) is 9.54. The van der Waals surface area contributed by atoms with Crippen molar-refractivity contribution >= 4 is 29.9 Å². The molecular weight excluding hydrogens is 505 g/mol. The Morgan fingerprint density at radius 1 is 1.00 bits per heavy atom. The van der Waals surface area contributed by atoms with Gasteiger partial charge in [-0.05, 0) is 24.0 Å². The van der Waals surface area contributed by atoms with Crippen LogP contribution in [0.3, 0.4) is 0 Å². The zero-order chi connectivity index (χ0) is 20.6. The third-order valence-corrected chi connectivity index (χ3v) is 5.89. The van der Waals surface area contributed by atoms with Gasteiger partial charge in [-0.3, -0.25) is 9.89 Å². The van der Waals surface area contributed by atoms with Crippen LogP contribution in [-0.2, 0) is 37.3 Å². The van der Waals surface area contributed by atoms with Crippen LogP contribution in [0.15, 0.2) is 29.3 Å². The SMILES string of the molecule is CN=C(NCc1ccccc1CN1CCOCC1)NCc1nnc2n1CCCCC2.I.